The van der Waals surface area contributed by atoms with Crippen LogP contribution in [0.1, 0.15) is 13.3 Å². The van der Waals surface area contributed by atoms with Crippen LogP contribution in [0.15, 0.2) is 0 Å². The van der Waals surface area contributed by atoms with Crippen LogP contribution in [0.25, 0.3) is 0 Å². The van der Waals surface area contributed by atoms with Crippen molar-refractivity contribution >= 4 is 18.5 Å². The van der Waals surface area contributed by atoms with E-state index in [1.165, 1.54) is 4.90 Å². The minimum absolute atomic E-state index is 0.0286. The fourth-order valence-electron chi connectivity index (χ4n) is 0.785. The highest BCUT2D eigenvalue weighted by atomic mass is 32.1. The molecule has 0 spiro atoms. The number of nitrogens with zero attached hydrogens (tertiary/aromatic N) is 1. The van der Waals surface area contributed by atoms with Gasteiger partial charge in [-0.1, -0.05) is 0 Å². The van der Waals surface area contributed by atoms with Crippen LogP contribution in [-0.2, 0) is 4.79 Å². The Morgan fingerprint density at radius 1 is 1.73 bits per heavy atom. The van der Waals surface area contributed by atoms with E-state index >= 15 is 0 Å². The SMILES string of the molecule is CC(O)CN(C)C(=O)CCS. The first-order valence-corrected chi connectivity index (χ1v) is 4.24. The molecule has 1 amide bonds. The van der Waals surface area contributed by atoms with Gasteiger partial charge in [0, 0.05) is 20.0 Å². The Morgan fingerprint density at radius 3 is 2.64 bits per heavy atom. The van der Waals surface area contributed by atoms with Crippen LogP contribution in [0.5, 0.6) is 0 Å². The molecule has 0 saturated heterocycles. The van der Waals surface area contributed by atoms with Crippen LogP contribution < -0.4 is 0 Å². The maximum absolute atomic E-state index is 11.0. The maximum Gasteiger partial charge on any atom is 0.223 e. The molecule has 0 saturated carbocycles. The molecule has 4 heteroatoms. The lowest BCUT2D eigenvalue weighted by atomic mass is 10.3. The van der Waals surface area contributed by atoms with Crippen molar-refractivity contribution in [1.82, 2.24) is 4.90 Å². The molecule has 0 fully saturated rings. The van der Waals surface area contributed by atoms with Gasteiger partial charge in [0.15, 0.2) is 0 Å². The number of hydrogen-bond acceptors (Lipinski definition) is 3. The van der Waals surface area contributed by atoms with Crippen molar-refractivity contribution in [1.29, 1.82) is 0 Å². The van der Waals surface area contributed by atoms with E-state index < -0.39 is 6.10 Å². The molecule has 0 aromatic heterocycles. The van der Waals surface area contributed by atoms with Crippen molar-refractivity contribution in [3.8, 4) is 0 Å². The second-order valence-corrected chi connectivity index (χ2v) is 3.04. The molecule has 0 radical (unpaired) electrons. The third kappa shape index (κ3) is 5.09. The highest BCUT2D eigenvalue weighted by molar-refractivity contribution is 7.80. The Morgan fingerprint density at radius 2 is 2.27 bits per heavy atom. The van der Waals surface area contributed by atoms with E-state index in [0.29, 0.717) is 18.7 Å². The molecule has 1 N–H and O–H groups in total. The van der Waals surface area contributed by atoms with Crippen LogP contribution >= 0.6 is 12.6 Å². The van der Waals surface area contributed by atoms with Gasteiger partial charge in [-0.3, -0.25) is 4.79 Å². The van der Waals surface area contributed by atoms with Crippen molar-refractivity contribution in [2.45, 2.75) is 19.4 Å². The third-order valence-corrected chi connectivity index (χ3v) is 1.51. The largest absolute Gasteiger partial charge is 0.392 e. The van der Waals surface area contributed by atoms with Crippen LogP contribution in [0.4, 0.5) is 0 Å². The summed E-state index contributed by atoms with van der Waals surface area (Å²) in [6, 6.07) is 0. The molecule has 3 nitrogen and oxygen atoms in total. The van der Waals surface area contributed by atoms with Crippen molar-refractivity contribution in [2.24, 2.45) is 0 Å². The summed E-state index contributed by atoms with van der Waals surface area (Å²) in [6.07, 6.45) is -0.0179. The topological polar surface area (TPSA) is 40.5 Å². The van der Waals surface area contributed by atoms with Gasteiger partial charge in [0.2, 0.25) is 5.91 Å². The average Bonchev–Trinajstić information content (AvgIpc) is 1.86. The Balaban J connectivity index is 3.64. The molecule has 66 valence electrons. The van der Waals surface area contributed by atoms with E-state index in [0.717, 1.165) is 0 Å². The lowest BCUT2D eigenvalue weighted by Crippen LogP contribution is -2.33. The van der Waals surface area contributed by atoms with E-state index in [2.05, 4.69) is 12.6 Å². The molecule has 0 bridgehead atoms. The van der Waals surface area contributed by atoms with Gasteiger partial charge in [-0.15, -0.1) is 0 Å². The minimum atomic E-state index is -0.455. The molecule has 0 aliphatic heterocycles. The van der Waals surface area contributed by atoms with Gasteiger partial charge in [0.25, 0.3) is 0 Å². The summed E-state index contributed by atoms with van der Waals surface area (Å²) in [5.74, 6) is 0.587. The zero-order valence-corrected chi connectivity index (χ0v) is 7.84. The number of carbonyl (C=O) groups excluding carboxylic acids is 1. The molecule has 0 aliphatic rings. The van der Waals surface area contributed by atoms with Crippen molar-refractivity contribution in [3.63, 3.8) is 0 Å². The lowest BCUT2D eigenvalue weighted by molar-refractivity contribution is -0.130. The van der Waals surface area contributed by atoms with Gasteiger partial charge in [0.05, 0.1) is 6.10 Å². The first kappa shape index (κ1) is 10.8. The fraction of sp³-hybridized carbons (Fsp3) is 0.857. The van der Waals surface area contributed by atoms with Gasteiger partial charge in [0.1, 0.15) is 0 Å². The summed E-state index contributed by atoms with van der Waals surface area (Å²) in [5, 5.41) is 8.93. The maximum atomic E-state index is 11.0. The van der Waals surface area contributed by atoms with Gasteiger partial charge in [-0.25, -0.2) is 0 Å². The second-order valence-electron chi connectivity index (χ2n) is 2.60. The predicted molar refractivity (Wildman–Crippen MR) is 47.8 cm³/mol. The summed E-state index contributed by atoms with van der Waals surface area (Å²) in [7, 11) is 1.68. The molecule has 0 aromatic carbocycles. The molecular formula is C7H15NO2S. The Bertz CT molecular complexity index is 128. The molecule has 1 atom stereocenters. The van der Waals surface area contributed by atoms with E-state index in [4.69, 9.17) is 5.11 Å². The molecule has 0 heterocycles. The molecule has 0 rings (SSSR count). The van der Waals surface area contributed by atoms with Crippen LogP contribution in [0, 0.1) is 0 Å². The van der Waals surface area contributed by atoms with Gasteiger partial charge >= 0.3 is 0 Å². The van der Waals surface area contributed by atoms with Crippen molar-refractivity contribution in [3.05, 3.63) is 0 Å². The number of hydrogen-bond donors (Lipinski definition) is 2. The molecule has 11 heavy (non-hydrogen) atoms. The van der Waals surface area contributed by atoms with E-state index in [1.807, 2.05) is 0 Å². The summed E-state index contributed by atoms with van der Waals surface area (Å²) in [4.78, 5) is 12.6. The highest BCUT2D eigenvalue weighted by Crippen LogP contribution is 1.94. The highest BCUT2D eigenvalue weighted by Gasteiger charge is 2.08. The van der Waals surface area contributed by atoms with Gasteiger partial charge < -0.3 is 10.0 Å². The number of aliphatic hydroxyl groups is 1. The summed E-state index contributed by atoms with van der Waals surface area (Å²) in [5.41, 5.74) is 0. The normalized spacial score (nSPS) is 12.7. The summed E-state index contributed by atoms with van der Waals surface area (Å²) < 4.78 is 0. The molecular weight excluding hydrogens is 162 g/mol. The first-order valence-electron chi connectivity index (χ1n) is 3.60. The van der Waals surface area contributed by atoms with Crippen molar-refractivity contribution < 1.29 is 9.90 Å². The van der Waals surface area contributed by atoms with E-state index in [1.54, 1.807) is 14.0 Å². The number of likely N-dealkylation sites (N-methyl/N-ethyl adjacent to an activating group) is 1. The number of aliphatic hydroxyl groups excluding tert-OH is 1. The third-order valence-electron chi connectivity index (χ3n) is 1.29. The summed E-state index contributed by atoms with van der Waals surface area (Å²) >= 11 is 3.94. The average molecular weight is 177 g/mol. The Kier molecular flexibility index (Phi) is 5.32. The van der Waals surface area contributed by atoms with Crippen molar-refractivity contribution in [2.75, 3.05) is 19.3 Å². The fourth-order valence-corrected chi connectivity index (χ4v) is 0.976. The monoisotopic (exact) mass is 177 g/mol. The number of thiol groups is 1. The molecule has 0 aromatic rings. The zero-order chi connectivity index (χ0) is 8.85. The number of amides is 1. The molecule has 0 aliphatic carbocycles. The standard InChI is InChI=1S/C7H15NO2S/c1-6(9)5-8(2)7(10)3-4-11/h6,9,11H,3-5H2,1-2H3. The first-order chi connectivity index (χ1) is 5.07. The second kappa shape index (κ2) is 5.43. The number of rotatable bonds is 4. The zero-order valence-electron chi connectivity index (χ0n) is 6.95. The van der Waals surface area contributed by atoms with Crippen LogP contribution in [0.3, 0.4) is 0 Å². The van der Waals surface area contributed by atoms with E-state index in [9.17, 15) is 4.79 Å². The minimum Gasteiger partial charge on any atom is -0.392 e. The van der Waals surface area contributed by atoms with E-state index in [-0.39, 0.29) is 5.91 Å². The Hall–Kier alpha value is -0.220. The van der Waals surface area contributed by atoms with Gasteiger partial charge in [-0.05, 0) is 12.7 Å². The van der Waals surface area contributed by atoms with Crippen LogP contribution in [0.2, 0.25) is 0 Å². The quantitative estimate of drug-likeness (QED) is 0.600. The molecule has 1 unspecified atom stereocenters. The van der Waals surface area contributed by atoms with Gasteiger partial charge in [-0.2, -0.15) is 12.6 Å². The predicted octanol–water partition coefficient (Wildman–Crippen LogP) is 0.146. The smallest absolute Gasteiger partial charge is 0.223 e. The summed E-state index contributed by atoms with van der Waals surface area (Å²) in [6.45, 7) is 2.05. The Labute approximate surface area is 72.8 Å². The number of carbonyl (C=O) groups is 1. The lowest BCUT2D eigenvalue weighted by Gasteiger charge is -2.17. The van der Waals surface area contributed by atoms with Crippen LogP contribution in [-0.4, -0.2) is 41.4 Å².